The van der Waals surface area contributed by atoms with Crippen molar-refractivity contribution in [2.24, 2.45) is 0 Å². The van der Waals surface area contributed by atoms with Crippen molar-refractivity contribution in [2.45, 2.75) is 6.04 Å². The van der Waals surface area contributed by atoms with Crippen LogP contribution in [0.2, 0.25) is 0 Å². The fourth-order valence-electron chi connectivity index (χ4n) is 3.48. The molecule has 0 saturated heterocycles. The number of carbonyl (C=O) groups is 2. The van der Waals surface area contributed by atoms with Crippen LogP contribution in [0, 0.1) is 0 Å². The molecule has 4 aromatic rings. The lowest BCUT2D eigenvalue weighted by atomic mass is 10.0. The highest BCUT2D eigenvalue weighted by Crippen LogP contribution is 2.33. The summed E-state index contributed by atoms with van der Waals surface area (Å²) >= 11 is 3.43. The van der Waals surface area contributed by atoms with E-state index in [1.165, 1.54) is 39.9 Å². The number of allylic oxidation sites excluding steroid dienone is 3. The molecular weight excluding hydrogens is 470 g/mol. The first-order valence-corrected chi connectivity index (χ1v) is 11.8. The number of aromatic carboxylic acids is 2. The van der Waals surface area contributed by atoms with E-state index in [2.05, 4.69) is 32.8 Å². The van der Waals surface area contributed by atoms with Gasteiger partial charge in [-0.25, -0.2) is 9.59 Å². The first-order valence-electron chi connectivity index (χ1n) is 10.1. The molecule has 0 amide bonds. The minimum atomic E-state index is -1.12. The number of carboxylic acids is 2. The third-order valence-electron chi connectivity index (χ3n) is 5.13. The Labute approximate surface area is 202 Å². The second kappa shape index (κ2) is 9.05. The molecule has 0 fully saturated rings. The maximum Gasteiger partial charge on any atom is 0.335 e. The maximum absolute atomic E-state index is 11.8. The molecule has 0 saturated carbocycles. The molecule has 1 atom stereocenters. The first kappa shape index (κ1) is 21.7. The average molecular weight is 487 g/mol. The van der Waals surface area contributed by atoms with E-state index in [9.17, 15) is 19.8 Å². The van der Waals surface area contributed by atoms with E-state index >= 15 is 0 Å². The summed E-state index contributed by atoms with van der Waals surface area (Å²) < 4.78 is 2.52. The summed E-state index contributed by atoms with van der Waals surface area (Å²) in [6.07, 6.45) is 10.9. The number of pyridine rings is 2. The highest BCUT2D eigenvalue weighted by atomic mass is 32.1. The summed E-state index contributed by atoms with van der Waals surface area (Å²) in [5.41, 5.74) is 1.97. The summed E-state index contributed by atoms with van der Waals surface area (Å²) in [6, 6.07) is 9.37. The molecular formula is C25H16N3O4S2-. The minimum absolute atomic E-state index is 0.0245. The van der Waals surface area contributed by atoms with Crippen molar-refractivity contribution in [3.05, 3.63) is 105 Å². The third kappa shape index (κ3) is 4.52. The predicted molar refractivity (Wildman–Crippen MR) is 133 cm³/mol. The van der Waals surface area contributed by atoms with Gasteiger partial charge in [-0.05, 0) is 53.4 Å². The van der Waals surface area contributed by atoms with Gasteiger partial charge < -0.3 is 15.5 Å². The number of thiophene rings is 2. The molecule has 7 nitrogen and oxygen atoms in total. The van der Waals surface area contributed by atoms with Crippen LogP contribution in [-0.4, -0.2) is 32.1 Å². The fraction of sp³-hybridized carbons (Fsp3) is 0.0400. The number of aromatic nitrogens is 2. The van der Waals surface area contributed by atoms with Crippen molar-refractivity contribution in [3.63, 3.8) is 0 Å². The van der Waals surface area contributed by atoms with Crippen molar-refractivity contribution in [1.29, 1.82) is 0 Å². The van der Waals surface area contributed by atoms with Crippen LogP contribution >= 0.6 is 22.7 Å². The monoisotopic (exact) mass is 486 g/mol. The van der Waals surface area contributed by atoms with E-state index in [1.807, 2.05) is 24.3 Å². The highest BCUT2D eigenvalue weighted by Gasteiger charge is 2.15. The van der Waals surface area contributed by atoms with Crippen LogP contribution in [0.25, 0.3) is 32.2 Å². The molecule has 9 heteroatoms. The van der Waals surface area contributed by atoms with E-state index in [-0.39, 0.29) is 22.5 Å². The Kier molecular flexibility index (Phi) is 5.79. The van der Waals surface area contributed by atoms with Crippen LogP contribution in [0.4, 0.5) is 0 Å². The lowest BCUT2D eigenvalue weighted by molar-refractivity contribution is 0.0685. The van der Waals surface area contributed by atoms with Crippen molar-refractivity contribution in [2.75, 3.05) is 0 Å². The van der Waals surface area contributed by atoms with Gasteiger partial charge in [-0.2, -0.15) is 6.20 Å². The lowest BCUT2D eigenvalue weighted by Gasteiger charge is -2.30. The molecule has 0 spiro atoms. The van der Waals surface area contributed by atoms with Gasteiger partial charge in [0.25, 0.3) is 0 Å². The third-order valence-corrected chi connectivity index (χ3v) is 7.19. The van der Waals surface area contributed by atoms with Crippen molar-refractivity contribution >= 4 is 50.1 Å². The van der Waals surface area contributed by atoms with Gasteiger partial charge in [-0.3, -0.25) is 9.97 Å². The molecule has 5 heterocycles. The zero-order valence-electron chi connectivity index (χ0n) is 17.5. The first-order chi connectivity index (χ1) is 16.5. The van der Waals surface area contributed by atoms with Crippen LogP contribution < -0.4 is 0 Å². The second-order valence-corrected chi connectivity index (χ2v) is 9.48. The van der Waals surface area contributed by atoms with Gasteiger partial charge in [0.15, 0.2) is 0 Å². The van der Waals surface area contributed by atoms with Crippen LogP contribution in [0.5, 0.6) is 0 Å². The van der Waals surface area contributed by atoms with E-state index in [1.54, 1.807) is 28.9 Å². The standard InChI is InChI=1S/C25H16N3O4S2/c29-24(30)15-4-7-27-19(10-15)21-12-16(25(31)32)11-20(28-21)18-9-14(3-6-26-18)1-2-17-13-23-22(34-17)5-8-33-23/h1-13,18H,(H,29,30)(H,31,32)/q-1/b2-1+. The summed E-state index contributed by atoms with van der Waals surface area (Å²) in [7, 11) is 0. The molecule has 34 heavy (non-hydrogen) atoms. The van der Waals surface area contributed by atoms with Gasteiger partial charge in [-0.15, -0.1) is 22.7 Å². The molecule has 0 radical (unpaired) electrons. The van der Waals surface area contributed by atoms with E-state index in [0.29, 0.717) is 5.69 Å². The SMILES string of the molecule is O=C(O)c1ccnc(-c2cc(C(=O)O)cc(C3C=C(/C=C/c4cc5sccc5s4)C=C[N-]3)n2)c1. The maximum atomic E-state index is 11.8. The number of nitrogens with zero attached hydrogens (tertiary/aromatic N) is 3. The summed E-state index contributed by atoms with van der Waals surface area (Å²) in [5, 5.41) is 25.4. The predicted octanol–water partition coefficient (Wildman–Crippen LogP) is 6.40. The van der Waals surface area contributed by atoms with E-state index in [4.69, 9.17) is 0 Å². The molecule has 0 aliphatic carbocycles. The van der Waals surface area contributed by atoms with Crippen molar-refractivity contribution in [1.82, 2.24) is 9.97 Å². The zero-order chi connectivity index (χ0) is 23.7. The summed E-state index contributed by atoms with van der Waals surface area (Å²) in [5.74, 6) is -2.22. The van der Waals surface area contributed by atoms with Crippen molar-refractivity contribution < 1.29 is 19.8 Å². The number of carboxylic acid groups (broad SMARTS) is 2. The summed E-state index contributed by atoms with van der Waals surface area (Å²) in [4.78, 5) is 33.0. The topological polar surface area (TPSA) is 114 Å². The molecule has 2 N–H and O–H groups in total. The molecule has 1 aliphatic rings. The number of rotatable bonds is 6. The Morgan fingerprint density at radius 2 is 1.79 bits per heavy atom. The smallest absolute Gasteiger partial charge is 0.335 e. The van der Waals surface area contributed by atoms with Crippen LogP contribution in [-0.2, 0) is 0 Å². The van der Waals surface area contributed by atoms with E-state index < -0.39 is 18.0 Å². The lowest BCUT2D eigenvalue weighted by Crippen LogP contribution is -2.06. The number of fused-ring (bicyclic) bond motifs is 1. The van der Waals surface area contributed by atoms with Gasteiger partial charge in [-0.1, -0.05) is 24.3 Å². The fourth-order valence-corrected chi connectivity index (χ4v) is 5.50. The number of hydrogen-bond donors (Lipinski definition) is 2. The Morgan fingerprint density at radius 3 is 2.59 bits per heavy atom. The molecule has 168 valence electrons. The molecule has 0 aromatic carbocycles. The largest absolute Gasteiger partial charge is 0.680 e. The zero-order valence-corrected chi connectivity index (χ0v) is 19.1. The highest BCUT2D eigenvalue weighted by molar-refractivity contribution is 7.27. The Balaban J connectivity index is 1.47. The van der Waals surface area contributed by atoms with Crippen LogP contribution in [0.3, 0.4) is 0 Å². The van der Waals surface area contributed by atoms with Gasteiger partial charge in [0.05, 0.1) is 22.5 Å². The minimum Gasteiger partial charge on any atom is -0.680 e. The van der Waals surface area contributed by atoms with E-state index in [0.717, 1.165) is 10.5 Å². The van der Waals surface area contributed by atoms with Gasteiger partial charge in [0.1, 0.15) is 0 Å². The molecule has 0 bridgehead atoms. The molecule has 5 rings (SSSR count). The van der Waals surface area contributed by atoms with Crippen molar-refractivity contribution in [3.8, 4) is 11.4 Å². The Hall–Kier alpha value is -4.08. The normalized spacial score (nSPS) is 15.4. The quantitative estimate of drug-likeness (QED) is 0.326. The molecule has 1 aliphatic heterocycles. The average Bonchev–Trinajstić information content (AvgIpc) is 3.45. The van der Waals surface area contributed by atoms with Crippen LogP contribution in [0.15, 0.2) is 78.0 Å². The Bertz CT molecular complexity index is 1480. The summed E-state index contributed by atoms with van der Waals surface area (Å²) in [6.45, 7) is 0. The van der Waals surface area contributed by atoms with Gasteiger partial charge >= 0.3 is 11.9 Å². The molecule has 4 aromatic heterocycles. The van der Waals surface area contributed by atoms with Crippen LogP contribution in [0.1, 0.15) is 37.3 Å². The van der Waals surface area contributed by atoms with Gasteiger partial charge in [0, 0.05) is 26.2 Å². The van der Waals surface area contributed by atoms with Gasteiger partial charge in [0.2, 0.25) is 0 Å². The Morgan fingerprint density at radius 1 is 0.971 bits per heavy atom. The number of hydrogen-bond acceptors (Lipinski definition) is 6. The molecule has 1 unspecified atom stereocenters. The second-order valence-electron chi connectivity index (χ2n) is 7.41.